The van der Waals surface area contributed by atoms with Crippen LogP contribution in [0.1, 0.15) is 89.2 Å². The van der Waals surface area contributed by atoms with Gasteiger partial charge in [0.15, 0.2) is 5.88 Å². The number of carbonyl (C=O) groups is 2. The number of pyridine rings is 2. The second kappa shape index (κ2) is 12.1. The molecule has 2 amide bonds. The Kier molecular flexibility index (Phi) is 7.70. The van der Waals surface area contributed by atoms with Gasteiger partial charge in [0.2, 0.25) is 0 Å². The van der Waals surface area contributed by atoms with Crippen molar-refractivity contribution in [2.75, 3.05) is 13.7 Å². The second-order valence-electron chi connectivity index (χ2n) is 13.9. The molecule has 4 aromatic heterocycles. The molecule has 1 saturated heterocycles. The maximum absolute atomic E-state index is 13.9. The van der Waals surface area contributed by atoms with Crippen LogP contribution in [0.15, 0.2) is 54.6 Å². The van der Waals surface area contributed by atoms with Gasteiger partial charge in [0.25, 0.3) is 11.8 Å². The summed E-state index contributed by atoms with van der Waals surface area (Å²) in [6.45, 7) is 5.39. The topological polar surface area (TPSA) is 120 Å². The standard InChI is InChI=1S/C38H43N7O3/c1-22-31-15-13-26-18-32(43(36(26)41-31)16-8-4-5-9-24-10-6-7-11-29(24)37(46)40-22)35-23(2)45-33(42-35)19-27(20-34(45)48-3)38(47)44-21-30(39)25-12-14-28(44)17-25/h6-7,10-11,13,15,18-20,22,25,28,30H,4-5,8-9,12,14,16-17,21,39H2,1-3H3,(H,40,46)/t22-,25-,28+,30+/m1/s1. The number of aryl methyl sites for hydroxylation is 3. The van der Waals surface area contributed by atoms with E-state index in [9.17, 15) is 9.59 Å². The first-order chi connectivity index (χ1) is 23.3. The zero-order chi connectivity index (χ0) is 33.1. The minimum atomic E-state index is -0.272. The van der Waals surface area contributed by atoms with Gasteiger partial charge in [-0.3, -0.25) is 14.0 Å². The van der Waals surface area contributed by atoms with E-state index in [0.29, 0.717) is 29.6 Å². The molecule has 248 valence electrons. The smallest absolute Gasteiger partial charge is 0.254 e. The molecule has 2 aliphatic heterocycles. The fourth-order valence-corrected chi connectivity index (χ4v) is 8.27. The Morgan fingerprint density at radius 3 is 2.75 bits per heavy atom. The summed E-state index contributed by atoms with van der Waals surface area (Å²) in [5.74, 6) is 0.999. The van der Waals surface area contributed by atoms with E-state index in [1.165, 1.54) is 0 Å². The molecule has 4 atom stereocenters. The summed E-state index contributed by atoms with van der Waals surface area (Å²) in [5, 5.41) is 4.19. The highest BCUT2D eigenvalue weighted by atomic mass is 16.5. The van der Waals surface area contributed by atoms with Crippen molar-refractivity contribution in [3.63, 3.8) is 0 Å². The van der Waals surface area contributed by atoms with Crippen LogP contribution in [-0.2, 0) is 13.0 Å². The van der Waals surface area contributed by atoms with Crippen molar-refractivity contribution in [1.82, 2.24) is 29.2 Å². The number of ether oxygens (including phenoxy) is 1. The fraction of sp³-hybridized carbons (Fsp3) is 0.421. The van der Waals surface area contributed by atoms with E-state index in [-0.39, 0.29) is 29.9 Å². The van der Waals surface area contributed by atoms with E-state index < -0.39 is 0 Å². The molecule has 3 N–H and O–H groups in total. The van der Waals surface area contributed by atoms with Gasteiger partial charge in [0.05, 0.1) is 30.2 Å². The van der Waals surface area contributed by atoms with E-state index in [1.54, 1.807) is 7.11 Å². The van der Waals surface area contributed by atoms with Crippen molar-refractivity contribution in [3.05, 3.63) is 82.7 Å². The molecule has 1 aliphatic carbocycles. The van der Waals surface area contributed by atoms with E-state index in [2.05, 4.69) is 28.1 Å². The Bertz CT molecular complexity index is 2060. The van der Waals surface area contributed by atoms with Crippen LogP contribution in [0.4, 0.5) is 0 Å². The number of benzene rings is 1. The molecule has 1 saturated carbocycles. The monoisotopic (exact) mass is 645 g/mol. The molecule has 0 unspecified atom stereocenters. The number of methoxy groups -OCH3 is 1. The van der Waals surface area contributed by atoms with E-state index in [0.717, 1.165) is 96.4 Å². The van der Waals surface area contributed by atoms with Crippen molar-refractivity contribution in [3.8, 4) is 17.3 Å². The summed E-state index contributed by atoms with van der Waals surface area (Å²) in [6, 6.07) is 17.8. The number of imidazole rings is 1. The largest absolute Gasteiger partial charge is 0.482 e. The van der Waals surface area contributed by atoms with Gasteiger partial charge in [-0.15, -0.1) is 0 Å². The number of likely N-dealkylation sites (tertiary alicyclic amines) is 1. The van der Waals surface area contributed by atoms with Gasteiger partial charge in [0, 0.05) is 47.8 Å². The van der Waals surface area contributed by atoms with Crippen LogP contribution in [0.25, 0.3) is 28.1 Å². The molecule has 6 heterocycles. The molecule has 0 spiro atoms. The number of hydrogen-bond donors (Lipinski definition) is 2. The Hall–Kier alpha value is -4.70. The lowest BCUT2D eigenvalue weighted by Crippen LogP contribution is -2.51. The molecule has 10 heteroatoms. The first-order valence-corrected chi connectivity index (χ1v) is 17.3. The van der Waals surface area contributed by atoms with Gasteiger partial charge in [-0.25, -0.2) is 9.97 Å². The Balaban J connectivity index is 1.19. The van der Waals surface area contributed by atoms with Crippen LogP contribution >= 0.6 is 0 Å². The lowest BCUT2D eigenvalue weighted by Gasteiger charge is -2.37. The van der Waals surface area contributed by atoms with Gasteiger partial charge in [-0.1, -0.05) is 24.6 Å². The van der Waals surface area contributed by atoms with Crippen molar-refractivity contribution in [1.29, 1.82) is 0 Å². The van der Waals surface area contributed by atoms with Crippen LogP contribution in [0, 0.1) is 12.8 Å². The fourth-order valence-electron chi connectivity index (χ4n) is 8.27. The van der Waals surface area contributed by atoms with E-state index in [1.807, 2.05) is 59.5 Å². The maximum atomic E-state index is 13.9. The Morgan fingerprint density at radius 2 is 1.90 bits per heavy atom. The molecule has 48 heavy (non-hydrogen) atoms. The van der Waals surface area contributed by atoms with Gasteiger partial charge in [-0.05, 0) is 94.2 Å². The number of nitrogens with zero attached hydrogens (tertiary/aromatic N) is 5. The van der Waals surface area contributed by atoms with Crippen LogP contribution < -0.4 is 15.8 Å². The second-order valence-corrected chi connectivity index (χ2v) is 13.9. The molecule has 10 nitrogen and oxygen atoms in total. The van der Waals surface area contributed by atoms with Gasteiger partial charge in [0.1, 0.15) is 17.0 Å². The first kappa shape index (κ1) is 30.6. The predicted octanol–water partition coefficient (Wildman–Crippen LogP) is 5.84. The van der Waals surface area contributed by atoms with Crippen molar-refractivity contribution >= 4 is 28.5 Å². The Morgan fingerprint density at radius 1 is 1.04 bits per heavy atom. The van der Waals surface area contributed by atoms with Crippen molar-refractivity contribution < 1.29 is 14.3 Å². The summed E-state index contributed by atoms with van der Waals surface area (Å²) in [6.07, 6.45) is 6.89. The average Bonchev–Trinajstić information content (AvgIpc) is 3.79. The molecule has 8 rings (SSSR count). The van der Waals surface area contributed by atoms with Crippen LogP contribution in [0.2, 0.25) is 0 Å². The van der Waals surface area contributed by atoms with Gasteiger partial charge < -0.3 is 25.3 Å². The molecule has 2 fully saturated rings. The number of amides is 2. The number of nitrogens with one attached hydrogen (secondary N) is 1. The highest BCUT2D eigenvalue weighted by molar-refractivity contribution is 5.97. The van der Waals surface area contributed by atoms with Crippen LogP contribution in [0.5, 0.6) is 5.88 Å². The number of hydrogen-bond acceptors (Lipinski definition) is 6. The molecule has 1 aromatic carbocycles. The lowest BCUT2D eigenvalue weighted by molar-refractivity contribution is 0.0603. The molecule has 0 radical (unpaired) electrons. The summed E-state index contributed by atoms with van der Waals surface area (Å²) in [5.41, 5.74) is 13.9. The average molecular weight is 646 g/mol. The predicted molar refractivity (Wildman–Crippen MR) is 185 cm³/mol. The summed E-state index contributed by atoms with van der Waals surface area (Å²) in [7, 11) is 1.64. The molecule has 4 bridgehead atoms. The number of rotatable bonds is 3. The zero-order valence-corrected chi connectivity index (χ0v) is 27.9. The number of aromatic nitrogens is 4. The van der Waals surface area contributed by atoms with Gasteiger partial charge >= 0.3 is 0 Å². The normalized spacial score (nSPS) is 22.9. The highest BCUT2D eigenvalue weighted by Crippen LogP contribution is 2.38. The summed E-state index contributed by atoms with van der Waals surface area (Å²) >= 11 is 0. The number of carbonyl (C=O) groups excluding carboxylic acids is 2. The zero-order valence-electron chi connectivity index (χ0n) is 27.9. The SMILES string of the molecule is COc1cc(C(=O)N2C[C@H](N)[C@@H]3CC[C@H]2C3)cc2nc(-c3cc4ccc5nc4n3CCCCCc3ccccc3C(=O)N[C@@H]5C)c(C)n12. The number of nitrogens with two attached hydrogens (primary N) is 1. The van der Waals surface area contributed by atoms with Crippen molar-refractivity contribution in [2.24, 2.45) is 11.7 Å². The first-order valence-electron chi connectivity index (χ1n) is 17.3. The minimum absolute atomic E-state index is 0.0124. The Labute approximate surface area is 280 Å². The third-order valence-electron chi connectivity index (χ3n) is 10.9. The van der Waals surface area contributed by atoms with Crippen LogP contribution in [0.3, 0.4) is 0 Å². The molecule has 3 aliphatic rings. The molecular formula is C38H43N7O3. The summed E-state index contributed by atoms with van der Waals surface area (Å²) < 4.78 is 10.1. The molecular weight excluding hydrogens is 602 g/mol. The third-order valence-corrected chi connectivity index (χ3v) is 10.9. The van der Waals surface area contributed by atoms with E-state index in [4.69, 9.17) is 20.4 Å². The number of piperidine rings is 1. The third kappa shape index (κ3) is 5.13. The lowest BCUT2D eigenvalue weighted by atomic mass is 9.94. The van der Waals surface area contributed by atoms with Crippen molar-refractivity contribution in [2.45, 2.75) is 83.5 Å². The maximum Gasteiger partial charge on any atom is 0.254 e. The summed E-state index contributed by atoms with van der Waals surface area (Å²) in [4.78, 5) is 39.5. The van der Waals surface area contributed by atoms with Crippen LogP contribution in [-0.4, -0.2) is 61.4 Å². The highest BCUT2D eigenvalue weighted by Gasteiger charge is 2.41. The quantitative estimate of drug-likeness (QED) is 0.255. The number of fused-ring (bicyclic) bond motifs is 5. The molecule has 5 aromatic rings. The van der Waals surface area contributed by atoms with Gasteiger partial charge in [-0.2, -0.15) is 0 Å². The minimum Gasteiger partial charge on any atom is -0.482 e. The van der Waals surface area contributed by atoms with E-state index >= 15 is 0 Å².